The van der Waals surface area contributed by atoms with E-state index in [1.807, 2.05) is 39.0 Å². The van der Waals surface area contributed by atoms with Crippen molar-refractivity contribution in [3.63, 3.8) is 0 Å². The third kappa shape index (κ3) is 4.41. The predicted molar refractivity (Wildman–Crippen MR) is 100 cm³/mol. The number of hydrogen-bond donors (Lipinski definition) is 1. The number of aryl methyl sites for hydroxylation is 2. The maximum atomic E-state index is 12.4. The summed E-state index contributed by atoms with van der Waals surface area (Å²) >= 11 is 0. The van der Waals surface area contributed by atoms with Crippen molar-refractivity contribution in [2.75, 3.05) is 19.8 Å². The Morgan fingerprint density at radius 2 is 1.88 bits per heavy atom. The Morgan fingerprint density at radius 3 is 2.65 bits per heavy atom. The molecule has 2 heterocycles. The molecule has 3 rings (SSSR count). The minimum atomic E-state index is -0.111. The van der Waals surface area contributed by atoms with Crippen LogP contribution in [-0.2, 0) is 16.0 Å². The summed E-state index contributed by atoms with van der Waals surface area (Å²) in [5.41, 5.74) is 4.49. The highest BCUT2D eigenvalue weighted by molar-refractivity contribution is 5.78. The van der Waals surface area contributed by atoms with E-state index >= 15 is 0 Å². The van der Waals surface area contributed by atoms with E-state index < -0.39 is 0 Å². The standard InChI is InChI=1S/C21H26N2O3/c1-14-4-5-15(2)21(16(14)3)26-13-20(24)23-19-12-25-11-18(19)10-17-6-8-22-9-7-17/h4-9,18-19H,10-13H2,1-3H3,(H,23,24)/t18-,19-/m1/s1. The van der Waals surface area contributed by atoms with Gasteiger partial charge in [0.2, 0.25) is 0 Å². The van der Waals surface area contributed by atoms with Crippen LogP contribution in [0.5, 0.6) is 5.75 Å². The maximum absolute atomic E-state index is 12.4. The quantitative estimate of drug-likeness (QED) is 0.867. The Hall–Kier alpha value is -2.40. The second-order valence-electron chi connectivity index (χ2n) is 6.97. The summed E-state index contributed by atoms with van der Waals surface area (Å²) in [5, 5.41) is 3.07. The van der Waals surface area contributed by atoms with E-state index in [0.29, 0.717) is 13.2 Å². The van der Waals surface area contributed by atoms with Crippen LogP contribution >= 0.6 is 0 Å². The minimum Gasteiger partial charge on any atom is -0.483 e. The van der Waals surface area contributed by atoms with Gasteiger partial charge in [0.25, 0.3) is 5.91 Å². The van der Waals surface area contributed by atoms with Gasteiger partial charge in [-0.1, -0.05) is 12.1 Å². The van der Waals surface area contributed by atoms with E-state index in [1.54, 1.807) is 12.4 Å². The summed E-state index contributed by atoms with van der Waals surface area (Å²) in [6.45, 7) is 7.28. The van der Waals surface area contributed by atoms with Crippen molar-refractivity contribution in [1.29, 1.82) is 0 Å². The molecule has 1 fully saturated rings. The first kappa shape index (κ1) is 18.4. The first-order valence-corrected chi connectivity index (χ1v) is 9.00. The van der Waals surface area contributed by atoms with E-state index in [0.717, 1.165) is 28.9 Å². The van der Waals surface area contributed by atoms with Crippen molar-refractivity contribution >= 4 is 5.91 Å². The van der Waals surface area contributed by atoms with Gasteiger partial charge in [0.05, 0.1) is 19.3 Å². The number of carbonyl (C=O) groups excluding carboxylic acids is 1. The van der Waals surface area contributed by atoms with Crippen LogP contribution in [0.2, 0.25) is 0 Å². The maximum Gasteiger partial charge on any atom is 0.258 e. The summed E-state index contributed by atoms with van der Waals surface area (Å²) < 4.78 is 11.4. The Bertz CT molecular complexity index is 761. The fourth-order valence-electron chi connectivity index (χ4n) is 3.31. The van der Waals surface area contributed by atoms with E-state index in [4.69, 9.17) is 9.47 Å². The van der Waals surface area contributed by atoms with Gasteiger partial charge in [-0.2, -0.15) is 0 Å². The Kier molecular flexibility index (Phi) is 5.89. The van der Waals surface area contributed by atoms with Crippen molar-refractivity contribution in [2.45, 2.75) is 33.2 Å². The van der Waals surface area contributed by atoms with Gasteiger partial charge in [-0.25, -0.2) is 0 Å². The molecule has 1 aliphatic heterocycles. The zero-order chi connectivity index (χ0) is 18.5. The first-order valence-electron chi connectivity index (χ1n) is 9.00. The Labute approximate surface area is 154 Å². The van der Waals surface area contributed by atoms with Crippen LogP contribution < -0.4 is 10.1 Å². The summed E-state index contributed by atoms with van der Waals surface area (Å²) in [6.07, 6.45) is 4.45. The van der Waals surface area contributed by atoms with Gasteiger partial charge in [0.15, 0.2) is 6.61 Å². The monoisotopic (exact) mass is 354 g/mol. The number of rotatable bonds is 6. The number of hydrogen-bond acceptors (Lipinski definition) is 4. The average molecular weight is 354 g/mol. The van der Waals surface area contributed by atoms with Crippen LogP contribution in [0.25, 0.3) is 0 Å². The molecule has 1 aromatic carbocycles. The molecular formula is C21H26N2O3. The largest absolute Gasteiger partial charge is 0.483 e. The molecule has 0 saturated carbocycles. The molecule has 26 heavy (non-hydrogen) atoms. The van der Waals surface area contributed by atoms with Crippen molar-refractivity contribution in [3.8, 4) is 5.75 Å². The lowest BCUT2D eigenvalue weighted by atomic mass is 9.95. The molecule has 1 aromatic heterocycles. The molecule has 5 nitrogen and oxygen atoms in total. The van der Waals surface area contributed by atoms with E-state index in [1.165, 1.54) is 5.56 Å². The second-order valence-corrected chi connectivity index (χ2v) is 6.97. The molecular weight excluding hydrogens is 328 g/mol. The number of amides is 1. The lowest BCUT2D eigenvalue weighted by Gasteiger charge is -2.20. The minimum absolute atomic E-state index is 0.0129. The van der Waals surface area contributed by atoms with E-state index in [-0.39, 0.29) is 24.5 Å². The number of carbonyl (C=O) groups is 1. The Morgan fingerprint density at radius 1 is 1.15 bits per heavy atom. The van der Waals surface area contributed by atoms with Crippen LogP contribution in [0.1, 0.15) is 22.3 Å². The molecule has 5 heteroatoms. The van der Waals surface area contributed by atoms with Crippen molar-refractivity contribution < 1.29 is 14.3 Å². The summed E-state index contributed by atoms with van der Waals surface area (Å²) in [4.78, 5) is 16.4. The summed E-state index contributed by atoms with van der Waals surface area (Å²) in [5.74, 6) is 0.959. The number of aromatic nitrogens is 1. The van der Waals surface area contributed by atoms with Crippen LogP contribution in [0, 0.1) is 26.7 Å². The van der Waals surface area contributed by atoms with Crippen LogP contribution in [0.15, 0.2) is 36.7 Å². The van der Waals surface area contributed by atoms with E-state index in [2.05, 4.69) is 16.4 Å². The number of benzene rings is 1. The van der Waals surface area contributed by atoms with E-state index in [9.17, 15) is 4.79 Å². The molecule has 1 amide bonds. The number of nitrogens with one attached hydrogen (secondary N) is 1. The topological polar surface area (TPSA) is 60.5 Å². The molecule has 138 valence electrons. The lowest BCUT2D eigenvalue weighted by molar-refractivity contribution is -0.124. The van der Waals surface area contributed by atoms with Crippen molar-refractivity contribution in [2.24, 2.45) is 5.92 Å². The third-order valence-corrected chi connectivity index (χ3v) is 5.01. The smallest absolute Gasteiger partial charge is 0.258 e. The summed E-state index contributed by atoms with van der Waals surface area (Å²) in [6, 6.07) is 8.11. The SMILES string of the molecule is Cc1ccc(C)c(OCC(=O)N[C@@H]2COC[C@H]2Cc2ccncc2)c1C. The van der Waals surface area contributed by atoms with Gasteiger partial charge in [0.1, 0.15) is 5.75 Å². The fraction of sp³-hybridized carbons (Fsp3) is 0.429. The second kappa shape index (κ2) is 8.32. The Balaban J connectivity index is 1.55. The number of nitrogens with zero attached hydrogens (tertiary/aromatic N) is 1. The van der Waals surface area contributed by atoms with Crippen LogP contribution in [-0.4, -0.2) is 36.8 Å². The van der Waals surface area contributed by atoms with Gasteiger partial charge in [-0.05, 0) is 61.6 Å². The zero-order valence-electron chi connectivity index (χ0n) is 15.6. The predicted octanol–water partition coefficient (Wildman–Crippen LogP) is 2.76. The third-order valence-electron chi connectivity index (χ3n) is 5.01. The molecule has 1 N–H and O–H groups in total. The highest BCUT2D eigenvalue weighted by atomic mass is 16.5. The normalized spacial score (nSPS) is 19.3. The summed E-state index contributed by atoms with van der Waals surface area (Å²) in [7, 11) is 0. The van der Waals surface area contributed by atoms with Crippen LogP contribution in [0.4, 0.5) is 0 Å². The van der Waals surface area contributed by atoms with Crippen molar-refractivity contribution in [1.82, 2.24) is 10.3 Å². The van der Waals surface area contributed by atoms with Gasteiger partial charge in [0, 0.05) is 18.3 Å². The van der Waals surface area contributed by atoms with Gasteiger partial charge in [-0.15, -0.1) is 0 Å². The molecule has 0 spiro atoms. The lowest BCUT2D eigenvalue weighted by Crippen LogP contribution is -2.42. The number of pyridine rings is 1. The molecule has 0 unspecified atom stereocenters. The highest BCUT2D eigenvalue weighted by Gasteiger charge is 2.29. The zero-order valence-corrected chi connectivity index (χ0v) is 15.6. The first-order chi connectivity index (χ1) is 12.5. The fourth-order valence-corrected chi connectivity index (χ4v) is 3.31. The van der Waals surface area contributed by atoms with Crippen LogP contribution in [0.3, 0.4) is 0 Å². The molecule has 1 aliphatic rings. The van der Waals surface area contributed by atoms with Gasteiger partial charge in [-0.3, -0.25) is 9.78 Å². The molecule has 0 radical (unpaired) electrons. The molecule has 2 atom stereocenters. The average Bonchev–Trinajstić information content (AvgIpc) is 3.06. The molecule has 1 saturated heterocycles. The molecule has 0 aliphatic carbocycles. The number of ether oxygens (including phenoxy) is 2. The molecule has 0 bridgehead atoms. The van der Waals surface area contributed by atoms with Gasteiger partial charge >= 0.3 is 0 Å². The van der Waals surface area contributed by atoms with Gasteiger partial charge < -0.3 is 14.8 Å². The molecule has 2 aromatic rings. The van der Waals surface area contributed by atoms with Crippen molar-refractivity contribution in [3.05, 3.63) is 58.9 Å². The highest BCUT2D eigenvalue weighted by Crippen LogP contribution is 2.25.